The summed E-state index contributed by atoms with van der Waals surface area (Å²) in [4.78, 5) is 11.5. The van der Waals surface area contributed by atoms with Gasteiger partial charge in [-0.2, -0.15) is 0 Å². The molecule has 0 heterocycles. The molecule has 0 radical (unpaired) electrons. The molecular formula is C18H36O2. The molecule has 0 aliphatic carbocycles. The van der Waals surface area contributed by atoms with Gasteiger partial charge < -0.3 is 4.74 Å². The topological polar surface area (TPSA) is 26.3 Å². The van der Waals surface area contributed by atoms with E-state index in [1.54, 1.807) is 0 Å². The Bertz CT molecular complexity index is 213. The minimum atomic E-state index is -0.0183. The van der Waals surface area contributed by atoms with Gasteiger partial charge in [0.25, 0.3) is 0 Å². The maximum atomic E-state index is 11.5. The van der Waals surface area contributed by atoms with Crippen LogP contribution in [0.2, 0.25) is 0 Å². The van der Waals surface area contributed by atoms with Crippen LogP contribution in [-0.2, 0) is 9.53 Å². The fraction of sp³-hybridized carbons (Fsp3) is 0.944. The van der Waals surface area contributed by atoms with Crippen LogP contribution < -0.4 is 0 Å². The molecule has 2 heteroatoms. The molecule has 0 aliphatic heterocycles. The van der Waals surface area contributed by atoms with Crippen LogP contribution in [0, 0.1) is 0 Å². The third-order valence-electron chi connectivity index (χ3n) is 3.89. The van der Waals surface area contributed by atoms with Crippen LogP contribution in [0.5, 0.6) is 0 Å². The summed E-state index contributed by atoms with van der Waals surface area (Å²) >= 11 is 0. The van der Waals surface area contributed by atoms with Gasteiger partial charge in [-0.1, -0.05) is 78.1 Å². The highest BCUT2D eigenvalue weighted by molar-refractivity contribution is 5.69. The average molecular weight is 284 g/mol. The molecule has 0 aliphatic rings. The van der Waals surface area contributed by atoms with Crippen LogP contribution in [0.15, 0.2) is 0 Å². The molecule has 20 heavy (non-hydrogen) atoms. The van der Waals surface area contributed by atoms with Gasteiger partial charge in [0.15, 0.2) is 0 Å². The van der Waals surface area contributed by atoms with E-state index in [0.29, 0.717) is 6.42 Å². The van der Waals surface area contributed by atoms with E-state index in [9.17, 15) is 4.79 Å². The SMILES string of the molecule is CCCCCCCCCCCCCC(=O)OC(C)CC. The Morgan fingerprint density at radius 3 is 1.70 bits per heavy atom. The number of hydrogen-bond acceptors (Lipinski definition) is 2. The van der Waals surface area contributed by atoms with E-state index >= 15 is 0 Å². The summed E-state index contributed by atoms with van der Waals surface area (Å²) in [6.45, 7) is 6.26. The highest BCUT2D eigenvalue weighted by Gasteiger charge is 2.06. The van der Waals surface area contributed by atoms with Crippen LogP contribution in [0.25, 0.3) is 0 Å². The molecule has 1 atom stereocenters. The first-order valence-corrected chi connectivity index (χ1v) is 8.90. The Morgan fingerprint density at radius 1 is 0.800 bits per heavy atom. The first-order valence-electron chi connectivity index (χ1n) is 8.90. The van der Waals surface area contributed by atoms with E-state index in [2.05, 4.69) is 6.92 Å². The van der Waals surface area contributed by atoms with E-state index in [1.165, 1.54) is 64.2 Å². The lowest BCUT2D eigenvalue weighted by Gasteiger charge is -2.10. The number of carbonyl (C=O) groups is 1. The summed E-state index contributed by atoms with van der Waals surface area (Å²) in [6, 6.07) is 0. The normalized spacial score (nSPS) is 12.3. The van der Waals surface area contributed by atoms with Gasteiger partial charge in [-0.05, 0) is 19.8 Å². The van der Waals surface area contributed by atoms with Crippen molar-refractivity contribution in [1.29, 1.82) is 0 Å². The van der Waals surface area contributed by atoms with Crippen molar-refractivity contribution < 1.29 is 9.53 Å². The highest BCUT2D eigenvalue weighted by Crippen LogP contribution is 2.12. The first-order chi connectivity index (χ1) is 9.70. The fourth-order valence-corrected chi connectivity index (χ4v) is 2.30. The quantitative estimate of drug-likeness (QED) is 0.287. The Hall–Kier alpha value is -0.530. The zero-order chi connectivity index (χ0) is 15.1. The molecule has 120 valence electrons. The summed E-state index contributed by atoms with van der Waals surface area (Å²) in [7, 11) is 0. The van der Waals surface area contributed by atoms with E-state index in [-0.39, 0.29) is 12.1 Å². The molecular weight excluding hydrogens is 248 g/mol. The van der Waals surface area contributed by atoms with Crippen LogP contribution in [0.3, 0.4) is 0 Å². The lowest BCUT2D eigenvalue weighted by molar-refractivity contribution is -0.148. The summed E-state index contributed by atoms with van der Waals surface area (Å²) in [5.41, 5.74) is 0. The molecule has 0 aromatic rings. The van der Waals surface area contributed by atoms with Gasteiger partial charge in [0.2, 0.25) is 0 Å². The molecule has 0 aromatic heterocycles. The second kappa shape index (κ2) is 14.9. The highest BCUT2D eigenvalue weighted by atomic mass is 16.5. The van der Waals surface area contributed by atoms with Gasteiger partial charge in [0, 0.05) is 6.42 Å². The molecule has 0 fully saturated rings. The molecule has 0 saturated carbocycles. The van der Waals surface area contributed by atoms with E-state index in [1.807, 2.05) is 13.8 Å². The predicted octanol–water partition coefficient (Wildman–Crippen LogP) is 6.03. The summed E-state index contributed by atoms with van der Waals surface area (Å²) < 4.78 is 5.25. The molecule has 0 bridgehead atoms. The molecule has 0 spiro atoms. The molecule has 0 amide bonds. The van der Waals surface area contributed by atoms with Crippen molar-refractivity contribution in [3.63, 3.8) is 0 Å². The van der Waals surface area contributed by atoms with Crippen LogP contribution in [0.4, 0.5) is 0 Å². The van der Waals surface area contributed by atoms with Crippen LogP contribution in [0.1, 0.15) is 104 Å². The smallest absolute Gasteiger partial charge is 0.306 e. The molecule has 1 unspecified atom stereocenters. The minimum absolute atomic E-state index is 0.0183. The minimum Gasteiger partial charge on any atom is -0.463 e. The third-order valence-corrected chi connectivity index (χ3v) is 3.89. The Labute approximate surface area is 126 Å². The van der Waals surface area contributed by atoms with Gasteiger partial charge in [0.05, 0.1) is 6.10 Å². The van der Waals surface area contributed by atoms with Crippen molar-refractivity contribution in [2.24, 2.45) is 0 Å². The number of unbranched alkanes of at least 4 members (excludes halogenated alkanes) is 10. The fourth-order valence-electron chi connectivity index (χ4n) is 2.30. The number of ether oxygens (including phenoxy) is 1. The summed E-state index contributed by atoms with van der Waals surface area (Å²) in [5.74, 6) is -0.0183. The van der Waals surface area contributed by atoms with Crippen molar-refractivity contribution >= 4 is 5.97 Å². The second-order valence-electron chi connectivity index (χ2n) is 5.99. The summed E-state index contributed by atoms with van der Waals surface area (Å²) in [5, 5.41) is 0. The first kappa shape index (κ1) is 19.5. The number of rotatable bonds is 14. The van der Waals surface area contributed by atoms with E-state index in [0.717, 1.165) is 12.8 Å². The van der Waals surface area contributed by atoms with Crippen LogP contribution in [-0.4, -0.2) is 12.1 Å². The Morgan fingerprint density at radius 2 is 1.25 bits per heavy atom. The van der Waals surface area contributed by atoms with E-state index < -0.39 is 0 Å². The summed E-state index contributed by atoms with van der Waals surface area (Å²) in [6.07, 6.45) is 16.1. The third kappa shape index (κ3) is 13.9. The lowest BCUT2D eigenvalue weighted by Crippen LogP contribution is -2.13. The van der Waals surface area contributed by atoms with Crippen molar-refractivity contribution in [2.75, 3.05) is 0 Å². The largest absolute Gasteiger partial charge is 0.463 e. The average Bonchev–Trinajstić information content (AvgIpc) is 2.44. The number of carbonyl (C=O) groups excluding carboxylic acids is 1. The van der Waals surface area contributed by atoms with Gasteiger partial charge in [-0.15, -0.1) is 0 Å². The molecule has 0 N–H and O–H groups in total. The van der Waals surface area contributed by atoms with Gasteiger partial charge in [-0.25, -0.2) is 0 Å². The molecule has 0 rings (SSSR count). The van der Waals surface area contributed by atoms with Gasteiger partial charge in [-0.3, -0.25) is 4.79 Å². The second-order valence-corrected chi connectivity index (χ2v) is 5.99. The van der Waals surface area contributed by atoms with E-state index in [4.69, 9.17) is 4.74 Å². The van der Waals surface area contributed by atoms with Crippen molar-refractivity contribution in [3.05, 3.63) is 0 Å². The standard InChI is InChI=1S/C18H36O2/c1-4-6-7-8-9-10-11-12-13-14-15-16-18(19)20-17(3)5-2/h17H,4-16H2,1-3H3. The monoisotopic (exact) mass is 284 g/mol. The lowest BCUT2D eigenvalue weighted by atomic mass is 10.1. The van der Waals surface area contributed by atoms with Gasteiger partial charge in [0.1, 0.15) is 0 Å². The van der Waals surface area contributed by atoms with Crippen molar-refractivity contribution in [1.82, 2.24) is 0 Å². The zero-order valence-electron chi connectivity index (χ0n) is 14.1. The Balaban J connectivity index is 3.14. The molecule has 0 aromatic carbocycles. The van der Waals surface area contributed by atoms with Crippen molar-refractivity contribution in [2.45, 2.75) is 110 Å². The zero-order valence-corrected chi connectivity index (χ0v) is 14.1. The van der Waals surface area contributed by atoms with Crippen molar-refractivity contribution in [3.8, 4) is 0 Å². The molecule has 2 nitrogen and oxygen atoms in total. The molecule has 0 saturated heterocycles. The number of hydrogen-bond donors (Lipinski definition) is 0. The maximum absolute atomic E-state index is 11.5. The number of esters is 1. The predicted molar refractivity (Wildman–Crippen MR) is 86.9 cm³/mol. The van der Waals surface area contributed by atoms with Crippen LogP contribution >= 0.6 is 0 Å². The van der Waals surface area contributed by atoms with Gasteiger partial charge >= 0.3 is 5.97 Å². The Kier molecular flexibility index (Phi) is 14.5. The maximum Gasteiger partial charge on any atom is 0.306 e.